The Labute approximate surface area is 153 Å². The van der Waals surface area contributed by atoms with Crippen molar-refractivity contribution in [1.82, 2.24) is 28.4 Å². The van der Waals surface area contributed by atoms with Crippen molar-refractivity contribution in [2.75, 3.05) is 44.2 Å². The van der Waals surface area contributed by atoms with Crippen LogP contribution in [0.1, 0.15) is 19.8 Å². The van der Waals surface area contributed by atoms with Crippen molar-refractivity contribution in [3.8, 4) is 0 Å². The minimum Gasteiger partial charge on any atom is -0.353 e. The first-order valence-corrected chi connectivity index (χ1v) is 10.5. The lowest BCUT2D eigenvalue weighted by molar-refractivity contribution is 0.260. The number of hydrogen-bond donors (Lipinski definition) is 0. The summed E-state index contributed by atoms with van der Waals surface area (Å²) in [6, 6.07) is 0. The van der Waals surface area contributed by atoms with E-state index < -0.39 is 10.2 Å². The summed E-state index contributed by atoms with van der Waals surface area (Å²) in [6.45, 7) is 5.62. The average Bonchev–Trinajstić information content (AvgIpc) is 3.03. The molecule has 0 spiro atoms. The fraction of sp³-hybridized carbons (Fsp3) is 0.688. The van der Waals surface area contributed by atoms with Gasteiger partial charge in [0, 0.05) is 46.3 Å². The lowest BCUT2D eigenvalue weighted by Gasteiger charge is -2.38. The highest BCUT2D eigenvalue weighted by molar-refractivity contribution is 7.86. The fourth-order valence-electron chi connectivity index (χ4n) is 3.71. The Bertz CT molecular complexity index is 881. The maximum absolute atomic E-state index is 12.9. The molecule has 4 heterocycles. The molecule has 0 N–H and O–H groups in total. The van der Waals surface area contributed by atoms with Crippen molar-refractivity contribution >= 4 is 27.1 Å². The molecule has 4 rings (SSSR count). The Balaban J connectivity index is 1.47. The van der Waals surface area contributed by atoms with Gasteiger partial charge in [-0.3, -0.25) is 4.68 Å². The van der Waals surface area contributed by atoms with Gasteiger partial charge < -0.3 is 4.90 Å². The van der Waals surface area contributed by atoms with Gasteiger partial charge in [0.2, 0.25) is 0 Å². The first-order valence-electron chi connectivity index (χ1n) is 9.09. The van der Waals surface area contributed by atoms with Gasteiger partial charge in [0.05, 0.1) is 11.6 Å². The lowest BCUT2D eigenvalue weighted by Crippen LogP contribution is -2.54. The van der Waals surface area contributed by atoms with Crippen molar-refractivity contribution in [1.29, 1.82) is 0 Å². The van der Waals surface area contributed by atoms with Gasteiger partial charge in [-0.15, -0.1) is 0 Å². The van der Waals surface area contributed by atoms with Crippen LogP contribution in [-0.4, -0.2) is 76.0 Å². The van der Waals surface area contributed by atoms with Gasteiger partial charge in [-0.2, -0.15) is 22.1 Å². The summed E-state index contributed by atoms with van der Waals surface area (Å²) >= 11 is 0. The molecular formula is C16H25N7O2S. The Hall–Kier alpha value is -1.78. The molecule has 0 atom stereocenters. The second kappa shape index (κ2) is 6.75. The molecule has 2 saturated heterocycles. The fourth-order valence-corrected chi connectivity index (χ4v) is 5.33. The van der Waals surface area contributed by atoms with Crippen LogP contribution in [0.25, 0.3) is 11.0 Å². The molecule has 0 amide bonds. The monoisotopic (exact) mass is 379 g/mol. The maximum atomic E-state index is 12.9. The van der Waals surface area contributed by atoms with Crippen LogP contribution in [-0.2, 0) is 17.3 Å². The van der Waals surface area contributed by atoms with Crippen molar-refractivity contribution in [3.63, 3.8) is 0 Å². The van der Waals surface area contributed by atoms with Crippen LogP contribution in [0.2, 0.25) is 0 Å². The molecule has 142 valence electrons. The van der Waals surface area contributed by atoms with E-state index in [1.165, 1.54) is 6.33 Å². The van der Waals surface area contributed by atoms with Crippen LogP contribution < -0.4 is 4.90 Å². The number of aromatic nitrogens is 4. The maximum Gasteiger partial charge on any atom is 0.282 e. The second-order valence-corrected chi connectivity index (χ2v) is 9.11. The third-order valence-corrected chi connectivity index (χ3v) is 7.48. The molecule has 9 nitrogen and oxygen atoms in total. The smallest absolute Gasteiger partial charge is 0.282 e. The first-order chi connectivity index (χ1) is 12.5. The van der Waals surface area contributed by atoms with Gasteiger partial charge >= 0.3 is 0 Å². The minimum atomic E-state index is -3.36. The van der Waals surface area contributed by atoms with E-state index in [1.54, 1.807) is 19.5 Å². The summed E-state index contributed by atoms with van der Waals surface area (Å²) < 4.78 is 30.8. The van der Waals surface area contributed by atoms with Crippen molar-refractivity contribution in [3.05, 3.63) is 12.5 Å². The number of hydrogen-bond acceptors (Lipinski definition) is 6. The molecule has 2 aliphatic rings. The molecule has 0 saturated carbocycles. The number of piperidine rings is 1. The Morgan fingerprint density at radius 3 is 2.35 bits per heavy atom. The highest BCUT2D eigenvalue weighted by atomic mass is 32.2. The SMILES string of the molecule is CC1CCN(S(=O)(=O)N2CCN(c3ncnc4c3cnn4C)CC2)CC1. The Morgan fingerprint density at radius 2 is 1.65 bits per heavy atom. The standard InChI is InChI=1S/C16H25N7O2S/c1-13-3-5-22(6-4-13)26(24,25)23-9-7-21(8-10-23)16-14-11-19-20(2)15(14)17-12-18-16/h11-13H,3-10H2,1-2H3. The number of aryl methyl sites for hydroxylation is 1. The summed E-state index contributed by atoms with van der Waals surface area (Å²) in [5, 5.41) is 5.15. The molecule has 0 aliphatic carbocycles. The summed E-state index contributed by atoms with van der Waals surface area (Å²) in [6.07, 6.45) is 5.19. The van der Waals surface area contributed by atoms with Gasteiger partial charge in [-0.25, -0.2) is 9.97 Å². The van der Waals surface area contributed by atoms with Crippen molar-refractivity contribution in [2.45, 2.75) is 19.8 Å². The normalized spacial score (nSPS) is 21.5. The molecule has 2 fully saturated rings. The van der Waals surface area contributed by atoms with Crippen LogP contribution in [0.3, 0.4) is 0 Å². The molecule has 0 bridgehead atoms. The van der Waals surface area contributed by atoms with E-state index in [0.29, 0.717) is 45.2 Å². The van der Waals surface area contributed by atoms with Gasteiger partial charge in [-0.1, -0.05) is 6.92 Å². The van der Waals surface area contributed by atoms with E-state index in [2.05, 4.69) is 26.9 Å². The predicted octanol–water partition coefficient (Wildman–Crippen LogP) is 0.462. The number of fused-ring (bicyclic) bond motifs is 1. The highest BCUT2D eigenvalue weighted by Gasteiger charge is 2.34. The molecule has 0 aromatic carbocycles. The highest BCUT2D eigenvalue weighted by Crippen LogP contribution is 2.25. The van der Waals surface area contributed by atoms with E-state index in [9.17, 15) is 8.42 Å². The molecule has 2 aliphatic heterocycles. The minimum absolute atomic E-state index is 0.472. The quantitative estimate of drug-likeness (QED) is 0.770. The third-order valence-electron chi connectivity index (χ3n) is 5.44. The van der Waals surface area contributed by atoms with Crippen LogP contribution in [0, 0.1) is 5.92 Å². The topological polar surface area (TPSA) is 87.5 Å². The third kappa shape index (κ3) is 3.06. The average molecular weight is 379 g/mol. The number of piperazine rings is 1. The predicted molar refractivity (Wildman–Crippen MR) is 99.0 cm³/mol. The van der Waals surface area contributed by atoms with Crippen LogP contribution in [0.4, 0.5) is 5.82 Å². The largest absolute Gasteiger partial charge is 0.353 e. The zero-order chi connectivity index (χ0) is 18.3. The summed E-state index contributed by atoms with van der Waals surface area (Å²) in [4.78, 5) is 10.8. The molecule has 10 heteroatoms. The summed E-state index contributed by atoms with van der Waals surface area (Å²) in [5.41, 5.74) is 0.785. The van der Waals surface area contributed by atoms with E-state index in [1.807, 2.05) is 7.05 Å². The number of anilines is 1. The van der Waals surface area contributed by atoms with Gasteiger partial charge in [-0.05, 0) is 18.8 Å². The van der Waals surface area contributed by atoms with Crippen LogP contribution in [0.5, 0.6) is 0 Å². The molecule has 0 radical (unpaired) electrons. The van der Waals surface area contributed by atoms with Gasteiger partial charge in [0.25, 0.3) is 10.2 Å². The second-order valence-electron chi connectivity index (χ2n) is 7.18. The van der Waals surface area contributed by atoms with E-state index >= 15 is 0 Å². The molecular weight excluding hydrogens is 354 g/mol. The Kier molecular flexibility index (Phi) is 4.57. The van der Waals surface area contributed by atoms with E-state index in [-0.39, 0.29) is 0 Å². The zero-order valence-electron chi connectivity index (χ0n) is 15.2. The van der Waals surface area contributed by atoms with Crippen molar-refractivity contribution in [2.24, 2.45) is 13.0 Å². The Morgan fingerprint density at radius 1 is 1.00 bits per heavy atom. The van der Waals surface area contributed by atoms with Gasteiger partial charge in [0.15, 0.2) is 5.65 Å². The van der Waals surface area contributed by atoms with E-state index in [0.717, 1.165) is 29.7 Å². The first kappa shape index (κ1) is 17.6. The van der Waals surface area contributed by atoms with Crippen molar-refractivity contribution < 1.29 is 8.42 Å². The van der Waals surface area contributed by atoms with E-state index in [4.69, 9.17) is 0 Å². The molecule has 2 aromatic heterocycles. The number of rotatable bonds is 3. The summed E-state index contributed by atoms with van der Waals surface area (Å²) in [7, 11) is -1.51. The molecule has 26 heavy (non-hydrogen) atoms. The summed E-state index contributed by atoms with van der Waals surface area (Å²) in [5.74, 6) is 1.44. The zero-order valence-corrected chi connectivity index (χ0v) is 16.1. The van der Waals surface area contributed by atoms with Crippen LogP contribution in [0.15, 0.2) is 12.5 Å². The molecule has 0 unspecified atom stereocenters. The van der Waals surface area contributed by atoms with Crippen LogP contribution >= 0.6 is 0 Å². The number of nitrogens with zero attached hydrogens (tertiary/aromatic N) is 7. The van der Waals surface area contributed by atoms with Gasteiger partial charge in [0.1, 0.15) is 12.1 Å². The lowest BCUT2D eigenvalue weighted by atomic mass is 10.0. The molecule has 2 aromatic rings.